The van der Waals surface area contributed by atoms with Crippen molar-refractivity contribution < 1.29 is 14.6 Å². The molecule has 0 bridgehead atoms. The van der Waals surface area contributed by atoms with Gasteiger partial charge in [0.15, 0.2) is 12.1 Å². The van der Waals surface area contributed by atoms with E-state index in [4.69, 9.17) is 14.6 Å². The van der Waals surface area contributed by atoms with E-state index in [-0.39, 0.29) is 0 Å². The van der Waals surface area contributed by atoms with Gasteiger partial charge in [-0.05, 0) is 25.0 Å². The van der Waals surface area contributed by atoms with Crippen molar-refractivity contribution in [3.8, 4) is 0 Å². The molecule has 0 aliphatic carbocycles. The number of hydrogen-bond donors (Lipinski definition) is 1. The van der Waals surface area contributed by atoms with Crippen molar-refractivity contribution in [3.63, 3.8) is 0 Å². The molecule has 0 radical (unpaired) electrons. The molecule has 0 aromatic carbocycles. The zero-order valence-corrected chi connectivity index (χ0v) is 6.32. The molecular formula is C8H12O3. The lowest BCUT2D eigenvalue weighted by molar-refractivity contribution is -0.260. The number of aliphatic hydroxyl groups excluding tert-OH is 1. The highest BCUT2D eigenvalue weighted by molar-refractivity contribution is 5.05. The Hall–Kier alpha value is -0.380. The molecule has 1 N–H and O–H groups in total. The molecule has 2 unspecified atom stereocenters. The summed E-state index contributed by atoms with van der Waals surface area (Å²) in [6.45, 7) is 0.733. The summed E-state index contributed by atoms with van der Waals surface area (Å²) in [5.41, 5.74) is 0. The lowest BCUT2D eigenvalue weighted by atomic mass is 10.1. The Morgan fingerprint density at radius 3 is 2.91 bits per heavy atom. The first-order chi connectivity index (χ1) is 5.31. The van der Waals surface area contributed by atoms with Gasteiger partial charge in [-0.25, -0.2) is 0 Å². The first-order valence-electron chi connectivity index (χ1n) is 4.00. The fraction of sp³-hybridized carbons (Fsp3) is 0.750. The average Bonchev–Trinajstić information content (AvgIpc) is 2.34. The van der Waals surface area contributed by atoms with Gasteiger partial charge in [0, 0.05) is 6.42 Å². The largest absolute Gasteiger partial charge is 0.365 e. The standard InChI is InChI=1S/C8H12O3/c9-7-3-5-8(11-7)4-1-2-6-10-8/h3,5,7,9H,1-2,4,6H2. The molecule has 3 heteroatoms. The van der Waals surface area contributed by atoms with E-state index in [1.807, 2.05) is 6.08 Å². The van der Waals surface area contributed by atoms with Crippen molar-refractivity contribution in [2.75, 3.05) is 6.61 Å². The molecule has 2 aliphatic rings. The van der Waals surface area contributed by atoms with Crippen LogP contribution in [0, 0.1) is 0 Å². The van der Waals surface area contributed by atoms with E-state index in [0.29, 0.717) is 0 Å². The second-order valence-corrected chi connectivity index (χ2v) is 2.98. The number of aliphatic hydroxyl groups is 1. The summed E-state index contributed by atoms with van der Waals surface area (Å²) in [6.07, 6.45) is 5.74. The highest BCUT2D eigenvalue weighted by Gasteiger charge is 2.37. The van der Waals surface area contributed by atoms with E-state index in [9.17, 15) is 0 Å². The van der Waals surface area contributed by atoms with Crippen molar-refractivity contribution >= 4 is 0 Å². The zero-order chi connectivity index (χ0) is 7.73. The Kier molecular flexibility index (Phi) is 1.71. The topological polar surface area (TPSA) is 38.7 Å². The third-order valence-electron chi connectivity index (χ3n) is 2.10. The minimum absolute atomic E-state index is 0.586. The van der Waals surface area contributed by atoms with Crippen LogP contribution in [-0.2, 0) is 9.47 Å². The Labute approximate surface area is 65.6 Å². The van der Waals surface area contributed by atoms with Gasteiger partial charge in [-0.2, -0.15) is 0 Å². The van der Waals surface area contributed by atoms with Crippen LogP contribution in [0.2, 0.25) is 0 Å². The van der Waals surface area contributed by atoms with Gasteiger partial charge in [0.1, 0.15) is 0 Å². The maximum atomic E-state index is 9.06. The Morgan fingerprint density at radius 2 is 2.36 bits per heavy atom. The SMILES string of the molecule is OC1C=CC2(CCCCO2)O1. The second-order valence-electron chi connectivity index (χ2n) is 2.98. The lowest BCUT2D eigenvalue weighted by Crippen LogP contribution is -2.36. The van der Waals surface area contributed by atoms with Crippen LogP contribution in [0.4, 0.5) is 0 Å². The highest BCUT2D eigenvalue weighted by atomic mass is 16.7. The van der Waals surface area contributed by atoms with Crippen molar-refractivity contribution in [1.82, 2.24) is 0 Å². The molecule has 2 heterocycles. The van der Waals surface area contributed by atoms with Gasteiger partial charge in [0.2, 0.25) is 0 Å². The smallest absolute Gasteiger partial charge is 0.191 e. The van der Waals surface area contributed by atoms with E-state index < -0.39 is 12.1 Å². The quantitative estimate of drug-likeness (QED) is 0.527. The third kappa shape index (κ3) is 1.31. The van der Waals surface area contributed by atoms with Gasteiger partial charge in [0.05, 0.1) is 6.61 Å². The molecule has 2 aliphatic heterocycles. The highest BCUT2D eigenvalue weighted by Crippen LogP contribution is 2.32. The minimum atomic E-state index is -0.770. The predicted molar refractivity (Wildman–Crippen MR) is 38.8 cm³/mol. The lowest BCUT2D eigenvalue weighted by Gasteiger charge is -2.31. The summed E-state index contributed by atoms with van der Waals surface area (Å²) in [6, 6.07) is 0. The van der Waals surface area contributed by atoms with E-state index in [2.05, 4.69) is 0 Å². The van der Waals surface area contributed by atoms with Crippen LogP contribution in [0.25, 0.3) is 0 Å². The molecule has 11 heavy (non-hydrogen) atoms. The molecule has 1 saturated heterocycles. The summed E-state index contributed by atoms with van der Waals surface area (Å²) in [5.74, 6) is -0.586. The first kappa shape index (κ1) is 7.28. The zero-order valence-electron chi connectivity index (χ0n) is 6.32. The Balaban J connectivity index is 2.05. The van der Waals surface area contributed by atoms with Crippen LogP contribution >= 0.6 is 0 Å². The van der Waals surface area contributed by atoms with Gasteiger partial charge in [0.25, 0.3) is 0 Å². The number of hydrogen-bond acceptors (Lipinski definition) is 3. The molecule has 0 aromatic heterocycles. The summed E-state index contributed by atoms with van der Waals surface area (Å²) >= 11 is 0. The molecule has 0 saturated carbocycles. The van der Waals surface area contributed by atoms with Gasteiger partial charge in [-0.3, -0.25) is 0 Å². The van der Waals surface area contributed by atoms with Gasteiger partial charge in [-0.1, -0.05) is 0 Å². The summed E-state index contributed by atoms with van der Waals surface area (Å²) < 4.78 is 10.6. The Bertz CT molecular complexity index is 170. The monoisotopic (exact) mass is 156 g/mol. The van der Waals surface area contributed by atoms with Crippen molar-refractivity contribution in [3.05, 3.63) is 12.2 Å². The van der Waals surface area contributed by atoms with E-state index in [1.54, 1.807) is 6.08 Å². The predicted octanol–water partition coefficient (Wildman–Crippen LogP) is 0.788. The summed E-state index contributed by atoms with van der Waals surface area (Å²) in [7, 11) is 0. The maximum Gasteiger partial charge on any atom is 0.191 e. The van der Waals surface area contributed by atoms with Crippen LogP contribution in [0.1, 0.15) is 19.3 Å². The molecule has 2 atom stereocenters. The molecule has 62 valence electrons. The molecule has 0 amide bonds. The van der Waals surface area contributed by atoms with E-state index >= 15 is 0 Å². The molecule has 3 nitrogen and oxygen atoms in total. The van der Waals surface area contributed by atoms with Crippen LogP contribution in [0.3, 0.4) is 0 Å². The summed E-state index contributed by atoms with van der Waals surface area (Å²) in [5, 5.41) is 9.06. The number of rotatable bonds is 0. The fourth-order valence-corrected chi connectivity index (χ4v) is 1.53. The van der Waals surface area contributed by atoms with Crippen molar-refractivity contribution in [2.24, 2.45) is 0 Å². The minimum Gasteiger partial charge on any atom is -0.365 e. The molecule has 1 fully saturated rings. The van der Waals surface area contributed by atoms with Crippen LogP contribution in [0.5, 0.6) is 0 Å². The third-order valence-corrected chi connectivity index (χ3v) is 2.10. The summed E-state index contributed by atoms with van der Waals surface area (Å²) in [4.78, 5) is 0. The second kappa shape index (κ2) is 2.59. The normalized spacial score (nSPS) is 43.5. The average molecular weight is 156 g/mol. The van der Waals surface area contributed by atoms with Gasteiger partial charge in [-0.15, -0.1) is 0 Å². The molecule has 2 rings (SSSR count). The van der Waals surface area contributed by atoms with Gasteiger partial charge < -0.3 is 14.6 Å². The Morgan fingerprint density at radius 1 is 1.45 bits per heavy atom. The van der Waals surface area contributed by atoms with Crippen LogP contribution in [-0.4, -0.2) is 23.8 Å². The van der Waals surface area contributed by atoms with E-state index in [1.165, 1.54) is 0 Å². The van der Waals surface area contributed by atoms with Crippen molar-refractivity contribution in [1.29, 1.82) is 0 Å². The van der Waals surface area contributed by atoms with Crippen LogP contribution < -0.4 is 0 Å². The maximum absolute atomic E-state index is 9.06. The number of ether oxygens (including phenoxy) is 2. The van der Waals surface area contributed by atoms with Crippen molar-refractivity contribution in [2.45, 2.75) is 31.3 Å². The first-order valence-corrected chi connectivity index (χ1v) is 4.00. The fourth-order valence-electron chi connectivity index (χ4n) is 1.53. The molecule has 0 aromatic rings. The van der Waals surface area contributed by atoms with E-state index in [0.717, 1.165) is 25.9 Å². The molecule has 1 spiro atoms. The molecular weight excluding hydrogens is 144 g/mol. The van der Waals surface area contributed by atoms with Gasteiger partial charge >= 0.3 is 0 Å². The van der Waals surface area contributed by atoms with Crippen LogP contribution in [0.15, 0.2) is 12.2 Å².